The molecule has 1 heterocycles. The normalized spacial score (nSPS) is 10.2. The first-order valence-electron chi connectivity index (χ1n) is 5.87. The summed E-state index contributed by atoms with van der Waals surface area (Å²) in [5.74, 6) is -0.142. The minimum atomic E-state index is -0.160. The Kier molecular flexibility index (Phi) is 6.03. The Morgan fingerprint density at radius 2 is 2.12 bits per heavy atom. The average Bonchev–Trinajstić information content (AvgIpc) is 2.32. The van der Waals surface area contributed by atoms with Crippen molar-refractivity contribution in [2.75, 3.05) is 19.6 Å². The fourth-order valence-corrected chi connectivity index (χ4v) is 1.39. The van der Waals surface area contributed by atoms with Gasteiger partial charge < -0.3 is 15.2 Å². The van der Waals surface area contributed by atoms with E-state index in [4.69, 9.17) is 0 Å². The van der Waals surface area contributed by atoms with Crippen molar-refractivity contribution in [2.24, 2.45) is 0 Å². The number of pyridine rings is 1. The molecule has 2 N–H and O–H groups in total. The minimum Gasteiger partial charge on any atom is -0.353 e. The molecule has 94 valence electrons. The number of amides is 1. The Balaban J connectivity index is 2.26. The zero-order chi connectivity index (χ0) is 12.5. The second-order valence-corrected chi connectivity index (χ2v) is 3.77. The molecule has 1 rings (SSSR count). The maximum Gasteiger partial charge on any atom is 0.250 e. The van der Waals surface area contributed by atoms with Gasteiger partial charge in [0.05, 0.1) is 0 Å². The highest BCUT2D eigenvalue weighted by Gasteiger charge is 2.02. The molecule has 0 radical (unpaired) electrons. The molecule has 0 aromatic carbocycles. The molecule has 0 spiro atoms. The van der Waals surface area contributed by atoms with Crippen molar-refractivity contribution < 1.29 is 4.79 Å². The molecule has 0 aliphatic rings. The summed E-state index contributed by atoms with van der Waals surface area (Å²) in [6, 6.07) is 4.83. The van der Waals surface area contributed by atoms with E-state index in [1.54, 1.807) is 18.3 Å². The molecule has 0 saturated carbocycles. The van der Waals surface area contributed by atoms with Gasteiger partial charge in [0.1, 0.15) is 6.54 Å². The van der Waals surface area contributed by atoms with E-state index in [1.807, 2.05) is 0 Å². The lowest BCUT2D eigenvalue weighted by Crippen LogP contribution is -2.36. The first-order valence-corrected chi connectivity index (χ1v) is 5.87. The zero-order valence-corrected chi connectivity index (χ0v) is 10.1. The van der Waals surface area contributed by atoms with Crippen LogP contribution in [0.15, 0.2) is 29.2 Å². The van der Waals surface area contributed by atoms with Crippen LogP contribution in [0.2, 0.25) is 0 Å². The van der Waals surface area contributed by atoms with Gasteiger partial charge in [0.25, 0.3) is 5.56 Å². The van der Waals surface area contributed by atoms with E-state index in [-0.39, 0.29) is 18.0 Å². The summed E-state index contributed by atoms with van der Waals surface area (Å²) >= 11 is 0. The third-order valence-electron chi connectivity index (χ3n) is 2.26. The van der Waals surface area contributed by atoms with Gasteiger partial charge >= 0.3 is 0 Å². The second-order valence-electron chi connectivity index (χ2n) is 3.77. The lowest BCUT2D eigenvalue weighted by atomic mass is 10.4. The number of nitrogens with zero attached hydrogens (tertiary/aromatic N) is 1. The lowest BCUT2D eigenvalue weighted by molar-refractivity contribution is -0.121. The van der Waals surface area contributed by atoms with Gasteiger partial charge in [-0.3, -0.25) is 9.59 Å². The van der Waals surface area contributed by atoms with Crippen molar-refractivity contribution in [1.82, 2.24) is 15.2 Å². The van der Waals surface area contributed by atoms with Crippen LogP contribution in [0.5, 0.6) is 0 Å². The number of hydrogen-bond donors (Lipinski definition) is 2. The summed E-state index contributed by atoms with van der Waals surface area (Å²) in [7, 11) is 0. The molecule has 5 nitrogen and oxygen atoms in total. The van der Waals surface area contributed by atoms with Gasteiger partial charge in [-0.05, 0) is 19.0 Å². The van der Waals surface area contributed by atoms with Crippen molar-refractivity contribution in [3.05, 3.63) is 34.7 Å². The van der Waals surface area contributed by atoms with E-state index in [9.17, 15) is 9.59 Å². The van der Waals surface area contributed by atoms with Crippen molar-refractivity contribution in [1.29, 1.82) is 0 Å². The molecule has 17 heavy (non-hydrogen) atoms. The van der Waals surface area contributed by atoms with Crippen molar-refractivity contribution in [2.45, 2.75) is 19.9 Å². The maximum atomic E-state index is 11.5. The average molecular weight is 237 g/mol. The maximum absolute atomic E-state index is 11.5. The van der Waals surface area contributed by atoms with Crippen molar-refractivity contribution in [3.8, 4) is 0 Å². The van der Waals surface area contributed by atoms with E-state index in [1.165, 1.54) is 10.6 Å². The van der Waals surface area contributed by atoms with E-state index >= 15 is 0 Å². The Bertz CT molecular complexity index is 401. The van der Waals surface area contributed by atoms with Gasteiger partial charge in [-0.2, -0.15) is 0 Å². The highest BCUT2D eigenvalue weighted by atomic mass is 16.2. The zero-order valence-electron chi connectivity index (χ0n) is 10.1. The highest BCUT2D eigenvalue weighted by Crippen LogP contribution is 1.82. The van der Waals surface area contributed by atoms with Crippen LogP contribution in [-0.2, 0) is 11.3 Å². The molecule has 0 bridgehead atoms. The quantitative estimate of drug-likeness (QED) is 0.654. The molecule has 1 aromatic heterocycles. The lowest BCUT2D eigenvalue weighted by Gasteiger charge is -2.07. The van der Waals surface area contributed by atoms with Gasteiger partial charge in [0, 0.05) is 25.4 Å². The molecule has 1 amide bonds. The van der Waals surface area contributed by atoms with Gasteiger partial charge in [-0.1, -0.05) is 13.0 Å². The Morgan fingerprint density at radius 1 is 1.29 bits per heavy atom. The SMILES string of the molecule is CCCNCCNC(=O)Cn1ccccc1=O. The molecule has 0 atom stereocenters. The monoisotopic (exact) mass is 237 g/mol. The molecule has 0 unspecified atom stereocenters. The highest BCUT2D eigenvalue weighted by molar-refractivity contribution is 5.75. The van der Waals surface area contributed by atoms with E-state index in [0.29, 0.717) is 6.54 Å². The van der Waals surface area contributed by atoms with Crippen LogP contribution in [-0.4, -0.2) is 30.1 Å². The van der Waals surface area contributed by atoms with Gasteiger partial charge in [-0.25, -0.2) is 0 Å². The largest absolute Gasteiger partial charge is 0.353 e. The summed E-state index contributed by atoms with van der Waals surface area (Å²) in [5.41, 5.74) is -0.160. The molecule has 1 aromatic rings. The van der Waals surface area contributed by atoms with Crippen molar-refractivity contribution >= 4 is 5.91 Å². The first-order chi connectivity index (χ1) is 8.24. The minimum absolute atomic E-state index is 0.0768. The number of rotatable bonds is 7. The summed E-state index contributed by atoms with van der Waals surface area (Å²) in [4.78, 5) is 22.8. The molecule has 0 aliphatic carbocycles. The Morgan fingerprint density at radius 3 is 2.82 bits per heavy atom. The fourth-order valence-electron chi connectivity index (χ4n) is 1.39. The summed E-state index contributed by atoms with van der Waals surface area (Å²) < 4.78 is 1.38. The van der Waals surface area contributed by atoms with Crippen molar-refractivity contribution in [3.63, 3.8) is 0 Å². The van der Waals surface area contributed by atoms with Crippen LogP contribution < -0.4 is 16.2 Å². The van der Waals surface area contributed by atoms with Crippen LogP contribution in [0.4, 0.5) is 0 Å². The predicted octanol–water partition coefficient (Wildman–Crippen LogP) is -0.0359. The fraction of sp³-hybridized carbons (Fsp3) is 0.500. The van der Waals surface area contributed by atoms with Crippen LogP contribution in [0.1, 0.15) is 13.3 Å². The van der Waals surface area contributed by atoms with Crippen LogP contribution >= 0.6 is 0 Å². The molecule has 0 aliphatic heterocycles. The number of hydrogen-bond acceptors (Lipinski definition) is 3. The predicted molar refractivity (Wildman–Crippen MR) is 66.9 cm³/mol. The topological polar surface area (TPSA) is 63.1 Å². The van der Waals surface area contributed by atoms with E-state index in [0.717, 1.165) is 19.5 Å². The van der Waals surface area contributed by atoms with Gasteiger partial charge in [-0.15, -0.1) is 0 Å². The Hall–Kier alpha value is -1.62. The summed E-state index contributed by atoms with van der Waals surface area (Å²) in [6.07, 6.45) is 2.69. The number of aromatic nitrogens is 1. The van der Waals surface area contributed by atoms with Crippen LogP contribution in [0, 0.1) is 0 Å². The van der Waals surface area contributed by atoms with Gasteiger partial charge in [0.15, 0.2) is 0 Å². The first kappa shape index (κ1) is 13.4. The number of carbonyl (C=O) groups excluding carboxylic acids is 1. The molecular weight excluding hydrogens is 218 g/mol. The summed E-state index contributed by atoms with van der Waals surface area (Å²) in [6.45, 7) is 4.46. The molecule has 5 heteroatoms. The number of carbonyl (C=O) groups is 1. The van der Waals surface area contributed by atoms with Crippen LogP contribution in [0.3, 0.4) is 0 Å². The van der Waals surface area contributed by atoms with E-state index in [2.05, 4.69) is 17.6 Å². The summed E-state index contributed by atoms with van der Waals surface area (Å²) in [5, 5.41) is 5.94. The van der Waals surface area contributed by atoms with Gasteiger partial charge in [0.2, 0.25) is 5.91 Å². The Labute approximate surface area is 101 Å². The molecule has 0 fully saturated rings. The number of nitrogens with one attached hydrogen (secondary N) is 2. The second kappa shape index (κ2) is 7.62. The van der Waals surface area contributed by atoms with Crippen LogP contribution in [0.25, 0.3) is 0 Å². The smallest absolute Gasteiger partial charge is 0.250 e. The van der Waals surface area contributed by atoms with E-state index < -0.39 is 0 Å². The standard InChI is InChI=1S/C12H19N3O2/c1-2-6-13-7-8-14-11(16)10-15-9-4-3-5-12(15)17/h3-5,9,13H,2,6-8,10H2,1H3,(H,14,16). The molecular formula is C12H19N3O2. The third kappa shape index (κ3) is 5.31. The third-order valence-corrected chi connectivity index (χ3v) is 2.26. The molecule has 0 saturated heterocycles.